The summed E-state index contributed by atoms with van der Waals surface area (Å²) >= 11 is 18.2. The van der Waals surface area contributed by atoms with Gasteiger partial charge < -0.3 is 15.4 Å². The smallest absolute Gasteiger partial charge is 0.251 e. The van der Waals surface area contributed by atoms with Crippen LogP contribution in [0, 0.1) is 0 Å². The minimum absolute atomic E-state index is 0.0599. The van der Waals surface area contributed by atoms with Gasteiger partial charge in [-0.1, -0.05) is 34.8 Å². The third-order valence-electron chi connectivity index (χ3n) is 5.79. The lowest BCUT2D eigenvalue weighted by molar-refractivity contribution is 0.0939. The molecule has 1 atom stereocenters. The van der Waals surface area contributed by atoms with Crippen molar-refractivity contribution in [2.45, 2.75) is 36.3 Å². The van der Waals surface area contributed by atoms with Gasteiger partial charge in [-0.15, -0.1) is 0 Å². The van der Waals surface area contributed by atoms with Crippen LogP contribution in [0.15, 0.2) is 41.3 Å². The standard InChI is InChI=1S/C22H24Cl3N3O4S/c23-18-3-1-14(11-19(18)24)22(29)27-15-7-10-28(13-15)33(30,31)17-2-4-21(20(25)12-17)32-16-5-8-26-9-6-16/h1-4,11-12,15-16,26H,5-10,13H2,(H,27,29)/t15-/m0/s1. The highest BCUT2D eigenvalue weighted by molar-refractivity contribution is 7.89. The first-order chi connectivity index (χ1) is 15.7. The number of hydrogen-bond donors (Lipinski definition) is 2. The molecule has 0 aromatic heterocycles. The van der Waals surface area contributed by atoms with E-state index in [2.05, 4.69) is 10.6 Å². The highest BCUT2D eigenvalue weighted by Crippen LogP contribution is 2.31. The lowest BCUT2D eigenvalue weighted by Crippen LogP contribution is -2.38. The van der Waals surface area contributed by atoms with Gasteiger partial charge in [0.05, 0.1) is 20.0 Å². The summed E-state index contributed by atoms with van der Waals surface area (Å²) in [4.78, 5) is 12.6. The summed E-state index contributed by atoms with van der Waals surface area (Å²) in [5, 5.41) is 7.04. The zero-order chi connectivity index (χ0) is 23.6. The Hall–Kier alpha value is -1.55. The highest BCUT2D eigenvalue weighted by atomic mass is 35.5. The summed E-state index contributed by atoms with van der Waals surface area (Å²) in [5.74, 6) is 0.149. The molecule has 2 aliphatic heterocycles. The molecule has 33 heavy (non-hydrogen) atoms. The molecular weight excluding hydrogens is 509 g/mol. The third-order valence-corrected chi connectivity index (χ3v) is 8.68. The molecule has 7 nitrogen and oxygen atoms in total. The molecule has 11 heteroatoms. The van der Waals surface area contributed by atoms with Gasteiger partial charge in [-0.05, 0) is 68.8 Å². The molecule has 1 amide bonds. The molecule has 0 radical (unpaired) electrons. The van der Waals surface area contributed by atoms with Gasteiger partial charge in [-0.25, -0.2) is 8.42 Å². The Morgan fingerprint density at radius 3 is 2.45 bits per heavy atom. The van der Waals surface area contributed by atoms with Crippen molar-refractivity contribution in [1.82, 2.24) is 14.9 Å². The number of sulfonamides is 1. The lowest BCUT2D eigenvalue weighted by Gasteiger charge is -2.24. The van der Waals surface area contributed by atoms with E-state index in [0.717, 1.165) is 25.9 Å². The number of piperidine rings is 1. The predicted molar refractivity (Wildman–Crippen MR) is 129 cm³/mol. The Bertz CT molecular complexity index is 1140. The first-order valence-electron chi connectivity index (χ1n) is 10.7. The van der Waals surface area contributed by atoms with Gasteiger partial charge >= 0.3 is 0 Å². The maximum atomic E-state index is 13.1. The van der Waals surface area contributed by atoms with Crippen LogP contribution in [0.4, 0.5) is 0 Å². The van der Waals surface area contributed by atoms with E-state index in [-0.39, 0.29) is 39.5 Å². The van der Waals surface area contributed by atoms with Crippen molar-refractivity contribution in [2.24, 2.45) is 0 Å². The van der Waals surface area contributed by atoms with Gasteiger partial charge in [0.15, 0.2) is 0 Å². The molecule has 2 aromatic carbocycles. The number of ether oxygens (including phenoxy) is 1. The number of hydrogen-bond acceptors (Lipinski definition) is 5. The quantitative estimate of drug-likeness (QED) is 0.588. The van der Waals surface area contributed by atoms with Gasteiger partial charge in [-0.2, -0.15) is 4.31 Å². The normalized spacial score (nSPS) is 20.0. The molecule has 2 heterocycles. The molecule has 2 aromatic rings. The maximum Gasteiger partial charge on any atom is 0.251 e. The molecule has 0 aliphatic carbocycles. The van der Waals surface area contributed by atoms with Crippen molar-refractivity contribution in [3.05, 3.63) is 57.0 Å². The SMILES string of the molecule is O=C(N[C@H]1CCN(S(=O)(=O)c2ccc(OC3CCNCC3)c(Cl)c2)C1)c1ccc(Cl)c(Cl)c1. The molecule has 2 saturated heterocycles. The minimum atomic E-state index is -3.76. The van der Waals surface area contributed by atoms with Crippen LogP contribution in [0.5, 0.6) is 5.75 Å². The fourth-order valence-corrected chi connectivity index (χ4v) is 6.06. The van der Waals surface area contributed by atoms with Crippen molar-refractivity contribution in [1.29, 1.82) is 0 Å². The van der Waals surface area contributed by atoms with E-state index in [0.29, 0.717) is 29.3 Å². The van der Waals surface area contributed by atoms with E-state index in [9.17, 15) is 13.2 Å². The molecule has 178 valence electrons. The number of benzene rings is 2. The second-order valence-corrected chi connectivity index (χ2v) is 11.3. The Morgan fingerprint density at radius 2 is 1.76 bits per heavy atom. The first-order valence-corrected chi connectivity index (χ1v) is 13.2. The van der Waals surface area contributed by atoms with Crippen LogP contribution in [-0.4, -0.2) is 57.0 Å². The summed E-state index contributed by atoms with van der Waals surface area (Å²) in [6, 6.07) is 8.83. The zero-order valence-electron chi connectivity index (χ0n) is 17.7. The monoisotopic (exact) mass is 531 g/mol. The summed E-state index contributed by atoms with van der Waals surface area (Å²) in [5.41, 5.74) is 0.363. The van der Waals surface area contributed by atoms with E-state index >= 15 is 0 Å². The van der Waals surface area contributed by atoms with Crippen molar-refractivity contribution in [2.75, 3.05) is 26.2 Å². The molecule has 2 fully saturated rings. The largest absolute Gasteiger partial charge is 0.489 e. The van der Waals surface area contributed by atoms with E-state index in [1.165, 1.54) is 22.5 Å². The fraction of sp³-hybridized carbons (Fsp3) is 0.409. The van der Waals surface area contributed by atoms with Crippen molar-refractivity contribution in [3.8, 4) is 5.75 Å². The summed E-state index contributed by atoms with van der Waals surface area (Å²) < 4.78 is 33.6. The molecular formula is C22H24Cl3N3O4S. The van der Waals surface area contributed by atoms with Gasteiger partial charge in [0.1, 0.15) is 11.9 Å². The second kappa shape index (κ2) is 10.4. The Morgan fingerprint density at radius 1 is 1.00 bits per heavy atom. The molecule has 0 saturated carbocycles. The van der Waals surface area contributed by atoms with Gasteiger partial charge in [-0.3, -0.25) is 4.79 Å². The van der Waals surface area contributed by atoms with Crippen LogP contribution < -0.4 is 15.4 Å². The van der Waals surface area contributed by atoms with E-state index in [1.807, 2.05) is 0 Å². The summed E-state index contributed by atoms with van der Waals surface area (Å²) in [6.07, 6.45) is 2.31. The van der Waals surface area contributed by atoms with Crippen molar-refractivity contribution >= 4 is 50.7 Å². The fourth-order valence-electron chi connectivity index (χ4n) is 3.95. The molecule has 2 aliphatic rings. The predicted octanol–water partition coefficient (Wildman–Crippen LogP) is 3.97. The Balaban J connectivity index is 1.40. The van der Waals surface area contributed by atoms with Crippen molar-refractivity contribution in [3.63, 3.8) is 0 Å². The number of carbonyl (C=O) groups excluding carboxylic acids is 1. The second-order valence-electron chi connectivity index (χ2n) is 8.11. The Labute approximate surface area is 208 Å². The molecule has 4 rings (SSSR count). The van der Waals surface area contributed by atoms with Crippen LogP contribution in [0.1, 0.15) is 29.6 Å². The topological polar surface area (TPSA) is 87.7 Å². The van der Waals surface area contributed by atoms with E-state index in [1.54, 1.807) is 18.2 Å². The number of amides is 1. The van der Waals surface area contributed by atoms with E-state index < -0.39 is 10.0 Å². The first kappa shape index (κ1) is 24.6. The van der Waals surface area contributed by atoms with Crippen molar-refractivity contribution < 1.29 is 17.9 Å². The molecule has 0 unspecified atom stereocenters. The molecule has 0 spiro atoms. The average Bonchev–Trinajstić information content (AvgIpc) is 3.27. The van der Waals surface area contributed by atoms with Crippen LogP contribution in [0.25, 0.3) is 0 Å². The lowest BCUT2D eigenvalue weighted by atomic mass is 10.1. The van der Waals surface area contributed by atoms with Gasteiger partial charge in [0.2, 0.25) is 10.0 Å². The van der Waals surface area contributed by atoms with Crippen LogP contribution >= 0.6 is 34.8 Å². The summed E-state index contributed by atoms with van der Waals surface area (Å²) in [7, 11) is -3.76. The number of halogens is 3. The average molecular weight is 533 g/mol. The minimum Gasteiger partial charge on any atom is -0.489 e. The third kappa shape index (κ3) is 5.75. The maximum absolute atomic E-state index is 13.1. The van der Waals surface area contributed by atoms with Gasteiger partial charge in [0, 0.05) is 24.7 Å². The number of nitrogens with one attached hydrogen (secondary N) is 2. The molecule has 0 bridgehead atoms. The highest BCUT2D eigenvalue weighted by Gasteiger charge is 2.34. The summed E-state index contributed by atoms with van der Waals surface area (Å²) in [6.45, 7) is 2.22. The van der Waals surface area contributed by atoms with Crippen LogP contribution in [-0.2, 0) is 10.0 Å². The Kier molecular flexibility index (Phi) is 7.73. The number of rotatable bonds is 6. The van der Waals surface area contributed by atoms with Gasteiger partial charge in [0.25, 0.3) is 5.91 Å². The van der Waals surface area contributed by atoms with Crippen LogP contribution in [0.2, 0.25) is 15.1 Å². The van der Waals surface area contributed by atoms with E-state index in [4.69, 9.17) is 39.5 Å². The molecule has 2 N–H and O–H groups in total. The zero-order valence-corrected chi connectivity index (χ0v) is 20.8. The number of carbonyl (C=O) groups is 1. The number of nitrogens with zero attached hydrogens (tertiary/aromatic N) is 1. The van der Waals surface area contributed by atoms with Crippen LogP contribution in [0.3, 0.4) is 0 Å².